The van der Waals surface area contributed by atoms with Crippen LogP contribution >= 0.6 is 11.8 Å². The van der Waals surface area contributed by atoms with Crippen LogP contribution in [0.4, 0.5) is 5.82 Å². The summed E-state index contributed by atoms with van der Waals surface area (Å²) in [4.78, 5) is 15.7. The monoisotopic (exact) mass is 264 g/mol. The van der Waals surface area contributed by atoms with E-state index in [1.165, 1.54) is 0 Å². The number of aliphatic hydroxyl groups excluding tert-OH is 1. The molecular formula is C13H16N2O2S. The van der Waals surface area contributed by atoms with E-state index in [0.717, 1.165) is 5.75 Å². The van der Waals surface area contributed by atoms with Crippen molar-refractivity contribution in [2.75, 3.05) is 23.9 Å². The quantitative estimate of drug-likeness (QED) is 0.791. The molecule has 0 bridgehead atoms. The van der Waals surface area contributed by atoms with Gasteiger partial charge in [-0.05, 0) is 24.3 Å². The highest BCUT2D eigenvalue weighted by atomic mass is 32.2. The minimum Gasteiger partial charge on any atom is -0.395 e. The van der Waals surface area contributed by atoms with E-state index in [1.807, 2.05) is 6.26 Å². The van der Waals surface area contributed by atoms with E-state index in [2.05, 4.69) is 22.1 Å². The van der Waals surface area contributed by atoms with Crippen LogP contribution in [0.3, 0.4) is 0 Å². The molecule has 5 heteroatoms. The van der Waals surface area contributed by atoms with Gasteiger partial charge in [0.2, 0.25) is 5.91 Å². The van der Waals surface area contributed by atoms with Crippen LogP contribution in [-0.4, -0.2) is 34.6 Å². The van der Waals surface area contributed by atoms with E-state index in [9.17, 15) is 4.79 Å². The fourth-order valence-electron chi connectivity index (χ4n) is 1.18. The van der Waals surface area contributed by atoms with Crippen molar-refractivity contribution < 1.29 is 9.90 Å². The molecule has 96 valence electrons. The number of rotatable bonds is 5. The Labute approximate surface area is 111 Å². The molecule has 1 rings (SSSR count). The summed E-state index contributed by atoms with van der Waals surface area (Å²) >= 11 is 1.63. The maximum atomic E-state index is 11.5. The number of carbonyl (C=O) groups is 1. The molecule has 1 aromatic rings. The number of thioether (sulfide) groups is 1. The van der Waals surface area contributed by atoms with Crippen LogP contribution in [0.1, 0.15) is 18.5 Å². The smallest absolute Gasteiger partial charge is 0.226 e. The van der Waals surface area contributed by atoms with Crippen LogP contribution in [0, 0.1) is 11.8 Å². The summed E-state index contributed by atoms with van der Waals surface area (Å²) in [5, 5.41) is 11.3. The maximum Gasteiger partial charge on any atom is 0.226 e. The second-order valence-electron chi connectivity index (χ2n) is 3.47. The van der Waals surface area contributed by atoms with Gasteiger partial charge in [-0.2, -0.15) is 11.8 Å². The number of nitrogens with one attached hydrogen (secondary N) is 1. The number of amides is 1. The molecule has 0 radical (unpaired) electrons. The molecule has 2 N–H and O–H groups in total. The van der Waals surface area contributed by atoms with Crippen molar-refractivity contribution in [3.63, 3.8) is 0 Å². The number of aromatic nitrogens is 1. The zero-order chi connectivity index (χ0) is 13.2. The van der Waals surface area contributed by atoms with E-state index in [1.54, 1.807) is 30.0 Å². The molecule has 0 aromatic carbocycles. The lowest BCUT2D eigenvalue weighted by atomic mass is 10.3. The van der Waals surface area contributed by atoms with Crippen LogP contribution in [0.15, 0.2) is 18.2 Å². The molecule has 0 saturated carbocycles. The summed E-state index contributed by atoms with van der Waals surface area (Å²) in [5.74, 6) is 6.87. The average molecular weight is 264 g/mol. The summed E-state index contributed by atoms with van der Waals surface area (Å²) in [6.07, 6.45) is 2.86. The average Bonchev–Trinajstić information content (AvgIpc) is 2.37. The molecule has 1 heterocycles. The lowest BCUT2D eigenvalue weighted by molar-refractivity contribution is -0.115. The molecular weight excluding hydrogens is 248 g/mol. The molecule has 18 heavy (non-hydrogen) atoms. The molecule has 0 aliphatic heterocycles. The zero-order valence-electron chi connectivity index (χ0n) is 10.3. The van der Waals surface area contributed by atoms with Crippen LogP contribution in [0.2, 0.25) is 0 Å². The predicted molar refractivity (Wildman–Crippen MR) is 74.4 cm³/mol. The van der Waals surface area contributed by atoms with Crippen molar-refractivity contribution in [2.24, 2.45) is 0 Å². The molecule has 0 spiro atoms. The summed E-state index contributed by atoms with van der Waals surface area (Å²) < 4.78 is 0. The Morgan fingerprint density at radius 1 is 1.56 bits per heavy atom. The third kappa shape index (κ3) is 5.71. The van der Waals surface area contributed by atoms with Gasteiger partial charge in [-0.3, -0.25) is 4.79 Å². The number of hydrogen-bond donors (Lipinski definition) is 2. The van der Waals surface area contributed by atoms with Crippen LogP contribution < -0.4 is 5.32 Å². The molecule has 0 fully saturated rings. The van der Waals surface area contributed by atoms with Gasteiger partial charge in [0.05, 0.1) is 6.61 Å². The standard InChI is InChI=1S/C13H16N2O2S/c1-18-10-8-13(17)15-12-7-4-6-11(14-12)5-2-3-9-16/h4,6-7,16H,3,8-10H2,1H3,(H,14,15,17). The zero-order valence-corrected chi connectivity index (χ0v) is 11.1. The molecule has 0 unspecified atom stereocenters. The normalized spacial score (nSPS) is 9.44. The van der Waals surface area contributed by atoms with Gasteiger partial charge >= 0.3 is 0 Å². The summed E-state index contributed by atoms with van der Waals surface area (Å²) in [6.45, 7) is 0.0398. The first kappa shape index (κ1) is 14.6. The number of nitrogens with zero attached hydrogens (tertiary/aromatic N) is 1. The molecule has 0 aliphatic rings. The van der Waals surface area contributed by atoms with Gasteiger partial charge < -0.3 is 10.4 Å². The van der Waals surface area contributed by atoms with Crippen molar-refractivity contribution in [1.82, 2.24) is 4.98 Å². The van der Waals surface area contributed by atoms with Crippen molar-refractivity contribution in [1.29, 1.82) is 0 Å². The fraction of sp³-hybridized carbons (Fsp3) is 0.385. The number of hydrogen-bond acceptors (Lipinski definition) is 4. The van der Waals surface area contributed by atoms with Gasteiger partial charge in [-0.1, -0.05) is 12.0 Å². The SMILES string of the molecule is CSCCC(=O)Nc1cccc(C#CCCO)n1. The summed E-state index contributed by atoms with van der Waals surface area (Å²) in [5.41, 5.74) is 0.589. The number of aliphatic hydroxyl groups is 1. The number of anilines is 1. The number of pyridine rings is 1. The molecule has 4 nitrogen and oxygen atoms in total. The Hall–Kier alpha value is -1.51. The first-order valence-corrected chi connectivity index (χ1v) is 7.01. The lowest BCUT2D eigenvalue weighted by Gasteiger charge is -2.03. The Kier molecular flexibility index (Phi) is 6.92. The molecule has 1 aromatic heterocycles. The van der Waals surface area contributed by atoms with Crippen LogP contribution in [-0.2, 0) is 4.79 Å². The van der Waals surface area contributed by atoms with Crippen molar-refractivity contribution in [3.8, 4) is 11.8 Å². The minimum absolute atomic E-state index is 0.0398. The molecule has 0 aliphatic carbocycles. The predicted octanol–water partition coefficient (Wildman–Crippen LogP) is 1.51. The topological polar surface area (TPSA) is 62.2 Å². The Balaban J connectivity index is 2.60. The molecule has 1 amide bonds. The first-order chi connectivity index (χ1) is 8.76. The minimum atomic E-state index is -0.0442. The Bertz CT molecular complexity index is 452. The highest BCUT2D eigenvalue weighted by molar-refractivity contribution is 7.98. The van der Waals surface area contributed by atoms with Gasteiger partial charge in [0.15, 0.2) is 0 Å². The second kappa shape index (κ2) is 8.56. The largest absolute Gasteiger partial charge is 0.395 e. The van der Waals surface area contributed by atoms with Crippen LogP contribution in [0.25, 0.3) is 0 Å². The van der Waals surface area contributed by atoms with Gasteiger partial charge in [-0.25, -0.2) is 4.98 Å². The Morgan fingerprint density at radius 2 is 2.39 bits per heavy atom. The van der Waals surface area contributed by atoms with E-state index in [0.29, 0.717) is 24.4 Å². The van der Waals surface area contributed by atoms with Crippen LogP contribution in [0.5, 0.6) is 0 Å². The van der Waals surface area contributed by atoms with Gasteiger partial charge in [0.25, 0.3) is 0 Å². The Morgan fingerprint density at radius 3 is 3.11 bits per heavy atom. The summed E-state index contributed by atoms with van der Waals surface area (Å²) in [7, 11) is 0. The lowest BCUT2D eigenvalue weighted by Crippen LogP contribution is -2.13. The van der Waals surface area contributed by atoms with E-state index < -0.39 is 0 Å². The third-order valence-corrected chi connectivity index (χ3v) is 2.62. The van der Waals surface area contributed by atoms with Gasteiger partial charge in [0.1, 0.15) is 11.5 Å². The van der Waals surface area contributed by atoms with Crippen molar-refractivity contribution >= 4 is 23.5 Å². The maximum absolute atomic E-state index is 11.5. The number of carbonyl (C=O) groups excluding carboxylic acids is 1. The van der Waals surface area contributed by atoms with Crippen molar-refractivity contribution in [2.45, 2.75) is 12.8 Å². The molecule has 0 atom stereocenters. The summed E-state index contributed by atoms with van der Waals surface area (Å²) in [6, 6.07) is 5.29. The first-order valence-electron chi connectivity index (χ1n) is 5.62. The second-order valence-corrected chi connectivity index (χ2v) is 4.46. The van der Waals surface area contributed by atoms with Gasteiger partial charge in [0, 0.05) is 18.6 Å². The molecule has 0 saturated heterocycles. The van der Waals surface area contributed by atoms with E-state index in [-0.39, 0.29) is 12.5 Å². The fourth-order valence-corrected chi connectivity index (χ4v) is 1.57. The van der Waals surface area contributed by atoms with E-state index in [4.69, 9.17) is 5.11 Å². The van der Waals surface area contributed by atoms with Gasteiger partial charge in [-0.15, -0.1) is 0 Å². The highest BCUT2D eigenvalue weighted by Crippen LogP contribution is 2.05. The van der Waals surface area contributed by atoms with E-state index >= 15 is 0 Å². The highest BCUT2D eigenvalue weighted by Gasteiger charge is 2.02. The van der Waals surface area contributed by atoms with Crippen molar-refractivity contribution in [3.05, 3.63) is 23.9 Å². The third-order valence-electron chi connectivity index (χ3n) is 2.00.